The van der Waals surface area contributed by atoms with E-state index in [2.05, 4.69) is 22.2 Å². The summed E-state index contributed by atoms with van der Waals surface area (Å²) < 4.78 is 5.40. The zero-order valence-electron chi connectivity index (χ0n) is 12.1. The van der Waals surface area contributed by atoms with Gasteiger partial charge in [-0.3, -0.25) is 0 Å². The number of ether oxygens (including phenoxy) is 1. The molecule has 0 saturated carbocycles. The molecular formula is C16H17N3OS. The van der Waals surface area contributed by atoms with Gasteiger partial charge in [0.25, 0.3) is 0 Å². The fourth-order valence-electron chi connectivity index (χ4n) is 2.25. The molecule has 0 aliphatic heterocycles. The van der Waals surface area contributed by atoms with Crippen LogP contribution in [0.4, 0.5) is 5.82 Å². The average Bonchev–Trinajstić information content (AvgIpc) is 3.00. The summed E-state index contributed by atoms with van der Waals surface area (Å²) in [7, 11) is 1.68. The molecule has 0 aliphatic rings. The molecule has 0 atom stereocenters. The van der Waals surface area contributed by atoms with E-state index in [-0.39, 0.29) is 0 Å². The van der Waals surface area contributed by atoms with E-state index in [0.29, 0.717) is 6.54 Å². The van der Waals surface area contributed by atoms with Crippen LogP contribution in [0.2, 0.25) is 0 Å². The number of methoxy groups -OCH3 is 1. The Morgan fingerprint density at radius 2 is 2.10 bits per heavy atom. The van der Waals surface area contributed by atoms with Crippen molar-refractivity contribution >= 4 is 27.9 Å². The highest BCUT2D eigenvalue weighted by Crippen LogP contribution is 2.29. The minimum Gasteiger partial charge on any atom is -0.496 e. The van der Waals surface area contributed by atoms with Crippen LogP contribution in [0, 0.1) is 0 Å². The van der Waals surface area contributed by atoms with Gasteiger partial charge in [0.15, 0.2) is 0 Å². The summed E-state index contributed by atoms with van der Waals surface area (Å²) in [5.41, 5.74) is 0. The summed E-state index contributed by atoms with van der Waals surface area (Å²) in [6.07, 6.45) is 4.77. The van der Waals surface area contributed by atoms with Crippen molar-refractivity contribution in [2.45, 2.75) is 19.9 Å². The predicted molar refractivity (Wildman–Crippen MR) is 87.1 cm³/mol. The minimum atomic E-state index is 0.688. The van der Waals surface area contributed by atoms with Crippen molar-refractivity contribution in [3.63, 3.8) is 0 Å². The maximum atomic E-state index is 5.40. The van der Waals surface area contributed by atoms with Gasteiger partial charge in [-0.1, -0.05) is 19.1 Å². The van der Waals surface area contributed by atoms with E-state index in [1.165, 1.54) is 4.88 Å². The van der Waals surface area contributed by atoms with E-state index in [1.807, 2.05) is 30.5 Å². The van der Waals surface area contributed by atoms with Crippen LogP contribution in [0.25, 0.3) is 10.8 Å². The normalized spacial score (nSPS) is 10.8. The first-order valence-corrected chi connectivity index (χ1v) is 7.72. The molecule has 0 radical (unpaired) electrons. The molecule has 4 nitrogen and oxygen atoms in total. The van der Waals surface area contributed by atoms with Crippen molar-refractivity contribution in [1.29, 1.82) is 0 Å². The highest BCUT2D eigenvalue weighted by molar-refractivity contribution is 7.11. The van der Waals surface area contributed by atoms with Crippen molar-refractivity contribution in [2.75, 3.05) is 12.4 Å². The van der Waals surface area contributed by atoms with E-state index in [9.17, 15) is 0 Å². The Morgan fingerprint density at radius 3 is 2.86 bits per heavy atom. The van der Waals surface area contributed by atoms with Gasteiger partial charge in [0, 0.05) is 28.0 Å². The number of thiazole rings is 1. The van der Waals surface area contributed by atoms with Crippen molar-refractivity contribution < 1.29 is 4.74 Å². The van der Waals surface area contributed by atoms with Gasteiger partial charge >= 0.3 is 0 Å². The van der Waals surface area contributed by atoms with Gasteiger partial charge in [-0.25, -0.2) is 9.97 Å². The van der Waals surface area contributed by atoms with Gasteiger partial charge < -0.3 is 10.1 Å². The largest absolute Gasteiger partial charge is 0.496 e. The number of anilines is 1. The lowest BCUT2D eigenvalue weighted by Crippen LogP contribution is -2.01. The first-order chi connectivity index (χ1) is 10.3. The van der Waals surface area contributed by atoms with Gasteiger partial charge in [-0.05, 0) is 18.6 Å². The number of benzene rings is 1. The lowest BCUT2D eigenvalue weighted by molar-refractivity contribution is 0.420. The molecule has 0 spiro atoms. The standard InChI is InChI=1S/C16H17N3OS/c1-3-11-9-18-15(21-11)10-19-16-13-5-4-6-14(20-2)12(13)7-8-17-16/h4-9H,3,10H2,1-2H3,(H,17,19). The number of rotatable bonds is 5. The predicted octanol–water partition coefficient (Wildman–Crippen LogP) is 3.87. The highest BCUT2D eigenvalue weighted by Gasteiger charge is 2.07. The van der Waals surface area contributed by atoms with E-state index < -0.39 is 0 Å². The number of aromatic nitrogens is 2. The van der Waals surface area contributed by atoms with Crippen molar-refractivity contribution in [3.8, 4) is 5.75 Å². The molecule has 3 rings (SSSR count). The maximum absolute atomic E-state index is 5.40. The molecule has 0 aliphatic carbocycles. The van der Waals surface area contributed by atoms with Crippen LogP contribution >= 0.6 is 11.3 Å². The van der Waals surface area contributed by atoms with Crippen LogP contribution in [0.15, 0.2) is 36.7 Å². The smallest absolute Gasteiger partial charge is 0.134 e. The number of hydrogen-bond acceptors (Lipinski definition) is 5. The van der Waals surface area contributed by atoms with Gasteiger partial charge in [0.2, 0.25) is 0 Å². The number of aryl methyl sites for hydroxylation is 1. The molecule has 108 valence electrons. The molecule has 21 heavy (non-hydrogen) atoms. The molecule has 0 unspecified atom stereocenters. The van der Waals surface area contributed by atoms with E-state index >= 15 is 0 Å². The second-order valence-corrected chi connectivity index (χ2v) is 5.84. The van der Waals surface area contributed by atoms with Gasteiger partial charge in [0.05, 0.1) is 13.7 Å². The molecule has 3 aromatic rings. The van der Waals surface area contributed by atoms with Crippen molar-refractivity contribution in [3.05, 3.63) is 46.5 Å². The molecule has 0 bridgehead atoms. The second kappa shape index (κ2) is 6.10. The average molecular weight is 299 g/mol. The first-order valence-electron chi connectivity index (χ1n) is 6.91. The molecule has 0 fully saturated rings. The van der Waals surface area contributed by atoms with E-state index in [4.69, 9.17) is 4.74 Å². The van der Waals surface area contributed by atoms with E-state index in [1.54, 1.807) is 24.6 Å². The van der Waals surface area contributed by atoms with Crippen LogP contribution in [0.3, 0.4) is 0 Å². The Bertz CT molecular complexity index is 754. The summed E-state index contributed by atoms with van der Waals surface area (Å²) in [6.45, 7) is 2.83. The molecule has 0 amide bonds. The number of hydrogen-bond donors (Lipinski definition) is 1. The Morgan fingerprint density at radius 1 is 1.19 bits per heavy atom. The Labute approximate surface area is 127 Å². The van der Waals surface area contributed by atoms with Crippen LogP contribution in [-0.2, 0) is 13.0 Å². The zero-order valence-corrected chi connectivity index (χ0v) is 12.9. The first kappa shape index (κ1) is 13.8. The fourth-order valence-corrected chi connectivity index (χ4v) is 3.05. The quantitative estimate of drug-likeness (QED) is 0.777. The minimum absolute atomic E-state index is 0.688. The molecule has 0 saturated heterocycles. The highest BCUT2D eigenvalue weighted by atomic mass is 32.1. The topological polar surface area (TPSA) is 47.0 Å². The lowest BCUT2D eigenvalue weighted by Gasteiger charge is -2.09. The maximum Gasteiger partial charge on any atom is 0.134 e. The summed E-state index contributed by atoms with van der Waals surface area (Å²) in [4.78, 5) is 10.2. The molecular weight excluding hydrogens is 282 g/mol. The van der Waals surface area contributed by atoms with Crippen LogP contribution in [-0.4, -0.2) is 17.1 Å². The van der Waals surface area contributed by atoms with Gasteiger partial charge in [-0.15, -0.1) is 11.3 Å². The number of nitrogens with zero attached hydrogens (tertiary/aromatic N) is 2. The molecule has 1 N–H and O–H groups in total. The van der Waals surface area contributed by atoms with Gasteiger partial charge in [0.1, 0.15) is 16.6 Å². The fraction of sp³-hybridized carbons (Fsp3) is 0.250. The third-order valence-electron chi connectivity index (χ3n) is 3.34. The third-order valence-corrected chi connectivity index (χ3v) is 4.48. The van der Waals surface area contributed by atoms with Crippen molar-refractivity contribution in [2.24, 2.45) is 0 Å². The SMILES string of the molecule is CCc1cnc(CNc2nccc3c(OC)cccc23)s1. The number of fused-ring (bicyclic) bond motifs is 1. The van der Waals surface area contributed by atoms with Crippen LogP contribution < -0.4 is 10.1 Å². The number of pyridine rings is 1. The van der Waals surface area contributed by atoms with Crippen molar-refractivity contribution in [1.82, 2.24) is 9.97 Å². The summed E-state index contributed by atoms with van der Waals surface area (Å²) in [5, 5.41) is 6.57. The lowest BCUT2D eigenvalue weighted by atomic mass is 10.1. The summed E-state index contributed by atoms with van der Waals surface area (Å²) in [6, 6.07) is 7.96. The Hall–Kier alpha value is -2.14. The molecule has 1 aromatic carbocycles. The van der Waals surface area contributed by atoms with Gasteiger partial charge in [-0.2, -0.15) is 0 Å². The summed E-state index contributed by atoms with van der Waals surface area (Å²) >= 11 is 1.74. The third kappa shape index (κ3) is 2.83. The second-order valence-electron chi connectivity index (χ2n) is 4.64. The Kier molecular flexibility index (Phi) is 4.01. The van der Waals surface area contributed by atoms with Crippen LogP contribution in [0.1, 0.15) is 16.8 Å². The number of nitrogens with one attached hydrogen (secondary N) is 1. The molecule has 2 heterocycles. The molecule has 2 aromatic heterocycles. The Balaban J connectivity index is 1.87. The molecule has 5 heteroatoms. The summed E-state index contributed by atoms with van der Waals surface area (Å²) in [5.74, 6) is 1.72. The monoisotopic (exact) mass is 299 g/mol. The van der Waals surface area contributed by atoms with Crippen LogP contribution in [0.5, 0.6) is 5.75 Å². The zero-order chi connectivity index (χ0) is 14.7. The van der Waals surface area contributed by atoms with E-state index in [0.717, 1.165) is 33.8 Å².